The van der Waals surface area contributed by atoms with E-state index >= 15 is 0 Å². The van der Waals surface area contributed by atoms with Gasteiger partial charge in [0.25, 0.3) is 5.56 Å². The number of anilines is 1. The number of pyridine rings is 1. The van der Waals surface area contributed by atoms with Gasteiger partial charge >= 0.3 is 0 Å². The fraction of sp³-hybridized carbons (Fsp3) is 0.600. The molecule has 2 fully saturated rings. The van der Waals surface area contributed by atoms with Gasteiger partial charge in [0.15, 0.2) is 0 Å². The predicted octanol–water partition coefficient (Wildman–Crippen LogP) is 1.34. The van der Waals surface area contributed by atoms with Crippen LogP contribution in [-0.4, -0.2) is 22.6 Å². The van der Waals surface area contributed by atoms with Crippen LogP contribution in [0.4, 0.5) is 5.69 Å². The molecule has 2 bridgehead atoms. The lowest BCUT2D eigenvalue weighted by atomic mass is 9.88. The number of amides is 1. The second-order valence-corrected chi connectivity index (χ2v) is 5.83. The molecule has 3 rings (SSSR count). The summed E-state index contributed by atoms with van der Waals surface area (Å²) < 4.78 is 1.65. The molecule has 3 unspecified atom stereocenters. The van der Waals surface area contributed by atoms with Crippen LogP contribution in [0.5, 0.6) is 0 Å². The lowest BCUT2D eigenvalue weighted by Crippen LogP contribution is -2.33. The molecule has 0 aromatic carbocycles. The molecular formula is C15H21N3O2. The highest BCUT2D eigenvalue weighted by Crippen LogP contribution is 2.33. The zero-order chi connectivity index (χ0) is 14.1. The number of carbonyl (C=O) groups excluding carboxylic acids is 1. The summed E-state index contributed by atoms with van der Waals surface area (Å²) in [6, 6.07) is 4.06. The standard InChI is InChI=1S/C15H21N3O2/c1-2-7-18-9-11(4-6-14(18)19)17-15(20)12-8-10-3-5-13(12)16-10/h4,6,9-10,12-13,16H,2-3,5,7-8H2,1H3,(H,17,20). The molecule has 0 spiro atoms. The minimum absolute atomic E-state index is 0.0218. The van der Waals surface area contributed by atoms with Gasteiger partial charge in [0, 0.05) is 30.9 Å². The van der Waals surface area contributed by atoms with Gasteiger partial charge in [-0.3, -0.25) is 9.59 Å². The zero-order valence-corrected chi connectivity index (χ0v) is 11.8. The molecule has 2 aliphatic heterocycles. The van der Waals surface area contributed by atoms with Gasteiger partial charge in [-0.2, -0.15) is 0 Å². The molecule has 3 atom stereocenters. The largest absolute Gasteiger partial charge is 0.324 e. The Bertz CT molecular complexity index is 566. The van der Waals surface area contributed by atoms with Crippen molar-refractivity contribution < 1.29 is 4.79 Å². The van der Waals surface area contributed by atoms with Crippen molar-refractivity contribution in [1.82, 2.24) is 9.88 Å². The number of fused-ring (bicyclic) bond motifs is 2. The van der Waals surface area contributed by atoms with E-state index in [0.29, 0.717) is 24.3 Å². The average molecular weight is 275 g/mol. The van der Waals surface area contributed by atoms with Gasteiger partial charge in [-0.05, 0) is 31.7 Å². The Morgan fingerprint density at radius 2 is 2.30 bits per heavy atom. The van der Waals surface area contributed by atoms with Crippen molar-refractivity contribution in [2.24, 2.45) is 5.92 Å². The molecule has 2 N–H and O–H groups in total. The molecule has 0 aliphatic carbocycles. The van der Waals surface area contributed by atoms with Gasteiger partial charge in [-0.15, -0.1) is 0 Å². The molecule has 1 aromatic heterocycles. The summed E-state index contributed by atoms with van der Waals surface area (Å²) in [5, 5.41) is 6.43. The Hall–Kier alpha value is -1.62. The summed E-state index contributed by atoms with van der Waals surface area (Å²) in [5.74, 6) is 0.145. The fourth-order valence-electron chi connectivity index (χ4n) is 3.37. The first-order chi connectivity index (χ1) is 9.67. The Morgan fingerprint density at radius 3 is 2.95 bits per heavy atom. The van der Waals surface area contributed by atoms with E-state index in [1.807, 2.05) is 6.92 Å². The topological polar surface area (TPSA) is 63.1 Å². The quantitative estimate of drug-likeness (QED) is 0.871. The van der Waals surface area contributed by atoms with Crippen LogP contribution in [-0.2, 0) is 11.3 Å². The molecule has 20 heavy (non-hydrogen) atoms. The van der Waals surface area contributed by atoms with Crippen molar-refractivity contribution >= 4 is 11.6 Å². The Balaban J connectivity index is 1.70. The van der Waals surface area contributed by atoms with Gasteiger partial charge in [-0.25, -0.2) is 0 Å². The van der Waals surface area contributed by atoms with E-state index < -0.39 is 0 Å². The summed E-state index contributed by atoms with van der Waals surface area (Å²) in [4.78, 5) is 24.0. The maximum atomic E-state index is 12.3. The molecule has 1 amide bonds. The van der Waals surface area contributed by atoms with Crippen molar-refractivity contribution in [1.29, 1.82) is 0 Å². The van der Waals surface area contributed by atoms with Crippen molar-refractivity contribution in [3.8, 4) is 0 Å². The first-order valence-electron chi connectivity index (χ1n) is 7.45. The van der Waals surface area contributed by atoms with Crippen LogP contribution in [0.15, 0.2) is 23.1 Å². The second-order valence-electron chi connectivity index (χ2n) is 5.83. The minimum atomic E-state index is -0.0218. The average Bonchev–Trinajstić information content (AvgIpc) is 3.05. The number of aryl methyl sites for hydroxylation is 1. The molecule has 1 aromatic rings. The number of carbonyl (C=O) groups is 1. The SMILES string of the molecule is CCCn1cc(NC(=O)C2CC3CCC2N3)ccc1=O. The maximum Gasteiger partial charge on any atom is 0.250 e. The molecule has 2 aliphatic rings. The van der Waals surface area contributed by atoms with E-state index in [1.54, 1.807) is 16.8 Å². The lowest BCUT2D eigenvalue weighted by Gasteiger charge is -2.19. The van der Waals surface area contributed by atoms with Gasteiger partial charge in [0.05, 0.1) is 11.6 Å². The van der Waals surface area contributed by atoms with Crippen LogP contribution < -0.4 is 16.2 Å². The molecule has 0 radical (unpaired) electrons. The van der Waals surface area contributed by atoms with Crippen molar-refractivity contribution in [3.05, 3.63) is 28.7 Å². The van der Waals surface area contributed by atoms with Crippen molar-refractivity contribution in [3.63, 3.8) is 0 Å². The van der Waals surface area contributed by atoms with Crippen LogP contribution >= 0.6 is 0 Å². The van der Waals surface area contributed by atoms with E-state index in [-0.39, 0.29) is 17.4 Å². The van der Waals surface area contributed by atoms with E-state index in [1.165, 1.54) is 12.5 Å². The summed E-state index contributed by atoms with van der Waals surface area (Å²) in [7, 11) is 0. The predicted molar refractivity (Wildman–Crippen MR) is 77.7 cm³/mol. The van der Waals surface area contributed by atoms with Gasteiger partial charge < -0.3 is 15.2 Å². The van der Waals surface area contributed by atoms with E-state index in [9.17, 15) is 9.59 Å². The number of hydrogen-bond donors (Lipinski definition) is 2. The van der Waals surface area contributed by atoms with Crippen LogP contribution in [0.1, 0.15) is 32.6 Å². The molecule has 3 heterocycles. The van der Waals surface area contributed by atoms with Crippen LogP contribution in [0.2, 0.25) is 0 Å². The summed E-state index contributed by atoms with van der Waals surface area (Å²) in [6.45, 7) is 2.71. The molecular weight excluding hydrogens is 254 g/mol. The highest BCUT2D eigenvalue weighted by molar-refractivity contribution is 5.93. The Morgan fingerprint density at radius 1 is 1.45 bits per heavy atom. The van der Waals surface area contributed by atoms with Crippen molar-refractivity contribution in [2.45, 2.75) is 51.2 Å². The monoisotopic (exact) mass is 275 g/mol. The van der Waals surface area contributed by atoms with Crippen LogP contribution in [0.3, 0.4) is 0 Å². The first kappa shape index (κ1) is 13.4. The highest BCUT2D eigenvalue weighted by atomic mass is 16.2. The number of nitrogens with one attached hydrogen (secondary N) is 2. The molecule has 2 saturated heterocycles. The molecule has 5 nitrogen and oxygen atoms in total. The lowest BCUT2D eigenvalue weighted by molar-refractivity contribution is -0.120. The van der Waals surface area contributed by atoms with Crippen LogP contribution in [0, 0.1) is 5.92 Å². The molecule has 108 valence electrons. The van der Waals surface area contributed by atoms with Crippen LogP contribution in [0.25, 0.3) is 0 Å². The first-order valence-corrected chi connectivity index (χ1v) is 7.45. The normalized spacial score (nSPS) is 27.8. The Kier molecular flexibility index (Phi) is 3.61. The number of hydrogen-bond acceptors (Lipinski definition) is 3. The third kappa shape index (κ3) is 2.50. The number of nitrogens with zero attached hydrogens (tertiary/aromatic N) is 1. The number of rotatable bonds is 4. The van der Waals surface area contributed by atoms with Crippen molar-refractivity contribution in [2.75, 3.05) is 5.32 Å². The minimum Gasteiger partial charge on any atom is -0.324 e. The highest BCUT2D eigenvalue weighted by Gasteiger charge is 2.42. The Labute approximate surface area is 118 Å². The van der Waals surface area contributed by atoms with Gasteiger partial charge in [0.2, 0.25) is 5.91 Å². The zero-order valence-electron chi connectivity index (χ0n) is 11.8. The third-order valence-corrected chi connectivity index (χ3v) is 4.35. The van der Waals surface area contributed by atoms with Gasteiger partial charge in [0.1, 0.15) is 0 Å². The summed E-state index contributed by atoms with van der Waals surface area (Å²) in [6.07, 6.45) is 5.86. The molecule has 0 saturated carbocycles. The van der Waals surface area contributed by atoms with E-state index in [0.717, 1.165) is 19.3 Å². The molecule has 5 heteroatoms. The summed E-state index contributed by atoms with van der Waals surface area (Å²) >= 11 is 0. The fourth-order valence-corrected chi connectivity index (χ4v) is 3.37. The van der Waals surface area contributed by atoms with Gasteiger partial charge in [-0.1, -0.05) is 6.92 Å². The summed E-state index contributed by atoms with van der Waals surface area (Å²) in [5.41, 5.74) is 0.692. The number of aromatic nitrogens is 1. The smallest absolute Gasteiger partial charge is 0.250 e. The maximum absolute atomic E-state index is 12.3. The second kappa shape index (κ2) is 5.40. The van der Waals surface area contributed by atoms with E-state index in [2.05, 4.69) is 10.6 Å². The van der Waals surface area contributed by atoms with E-state index in [4.69, 9.17) is 0 Å². The third-order valence-electron chi connectivity index (χ3n) is 4.35.